The van der Waals surface area contributed by atoms with Crippen molar-refractivity contribution in [1.82, 2.24) is 9.78 Å². The summed E-state index contributed by atoms with van der Waals surface area (Å²) in [5.74, 6) is -0.837. The lowest BCUT2D eigenvalue weighted by Gasteiger charge is -2.18. The summed E-state index contributed by atoms with van der Waals surface area (Å²) in [5, 5.41) is 4.20. The molecule has 2 aromatic rings. The van der Waals surface area contributed by atoms with E-state index in [1.807, 2.05) is 6.92 Å². The van der Waals surface area contributed by atoms with Gasteiger partial charge in [-0.05, 0) is 26.0 Å². The molecule has 0 spiro atoms. The zero-order chi connectivity index (χ0) is 14.9. The SMILES string of the molecule is CCn1nc(C)c(N)c1C(=O)N(C)c1ccccc1F. The minimum Gasteiger partial charge on any atom is -0.395 e. The van der Waals surface area contributed by atoms with Crippen LogP contribution in [0.25, 0.3) is 0 Å². The Hall–Kier alpha value is -2.37. The molecular weight excluding hydrogens is 259 g/mol. The predicted molar refractivity (Wildman–Crippen MR) is 76.2 cm³/mol. The van der Waals surface area contributed by atoms with E-state index in [9.17, 15) is 9.18 Å². The number of carbonyl (C=O) groups excluding carboxylic acids is 1. The Balaban J connectivity index is 2.44. The maximum Gasteiger partial charge on any atom is 0.278 e. The van der Waals surface area contributed by atoms with E-state index in [1.54, 1.807) is 25.1 Å². The summed E-state index contributed by atoms with van der Waals surface area (Å²) in [6, 6.07) is 6.10. The van der Waals surface area contributed by atoms with Gasteiger partial charge in [-0.25, -0.2) is 4.39 Å². The van der Waals surface area contributed by atoms with Gasteiger partial charge in [0.15, 0.2) is 0 Å². The van der Waals surface area contributed by atoms with Crippen LogP contribution in [0.15, 0.2) is 24.3 Å². The Morgan fingerprint density at radius 1 is 1.45 bits per heavy atom. The second kappa shape index (κ2) is 5.32. The fourth-order valence-corrected chi connectivity index (χ4v) is 2.04. The summed E-state index contributed by atoms with van der Waals surface area (Å²) >= 11 is 0. The number of halogens is 1. The van der Waals surface area contributed by atoms with Gasteiger partial charge in [-0.1, -0.05) is 12.1 Å². The van der Waals surface area contributed by atoms with E-state index in [1.165, 1.54) is 22.7 Å². The molecule has 106 valence electrons. The molecule has 0 unspecified atom stereocenters. The van der Waals surface area contributed by atoms with Crippen LogP contribution in [-0.2, 0) is 6.54 Å². The number of nitrogens with two attached hydrogens (primary N) is 1. The molecule has 0 aliphatic heterocycles. The summed E-state index contributed by atoms with van der Waals surface area (Å²) in [5.41, 5.74) is 7.33. The number of nitrogens with zero attached hydrogens (tertiary/aromatic N) is 3. The molecule has 0 aliphatic carbocycles. The molecule has 0 saturated heterocycles. The highest BCUT2D eigenvalue weighted by molar-refractivity contribution is 6.08. The molecule has 0 aliphatic rings. The highest BCUT2D eigenvalue weighted by Gasteiger charge is 2.24. The second-order valence-electron chi connectivity index (χ2n) is 4.48. The van der Waals surface area contributed by atoms with Crippen LogP contribution in [0, 0.1) is 12.7 Å². The lowest BCUT2D eigenvalue weighted by Crippen LogP contribution is -2.30. The number of aryl methyl sites for hydroxylation is 2. The number of aromatic nitrogens is 2. The number of benzene rings is 1. The summed E-state index contributed by atoms with van der Waals surface area (Å²) in [6.07, 6.45) is 0. The number of anilines is 2. The smallest absolute Gasteiger partial charge is 0.278 e. The first-order valence-electron chi connectivity index (χ1n) is 6.32. The van der Waals surface area contributed by atoms with Crippen molar-refractivity contribution in [3.63, 3.8) is 0 Å². The Morgan fingerprint density at radius 2 is 2.10 bits per heavy atom. The van der Waals surface area contributed by atoms with Crippen molar-refractivity contribution in [2.24, 2.45) is 0 Å². The molecule has 2 N–H and O–H groups in total. The first kappa shape index (κ1) is 14.0. The summed E-state index contributed by atoms with van der Waals surface area (Å²) in [6.45, 7) is 4.12. The van der Waals surface area contributed by atoms with Crippen molar-refractivity contribution >= 4 is 17.3 Å². The number of rotatable bonds is 3. The van der Waals surface area contributed by atoms with Crippen molar-refractivity contribution in [2.75, 3.05) is 17.7 Å². The monoisotopic (exact) mass is 276 g/mol. The van der Waals surface area contributed by atoms with Gasteiger partial charge in [-0.3, -0.25) is 9.48 Å². The van der Waals surface area contributed by atoms with Crippen LogP contribution < -0.4 is 10.6 Å². The Morgan fingerprint density at radius 3 is 2.70 bits per heavy atom. The van der Waals surface area contributed by atoms with E-state index < -0.39 is 5.82 Å². The van der Waals surface area contributed by atoms with Gasteiger partial charge in [0.05, 0.1) is 17.1 Å². The number of carbonyl (C=O) groups is 1. The number of amides is 1. The van der Waals surface area contributed by atoms with Crippen LogP contribution in [-0.4, -0.2) is 22.7 Å². The van der Waals surface area contributed by atoms with Crippen LogP contribution in [0.3, 0.4) is 0 Å². The normalized spacial score (nSPS) is 10.6. The van der Waals surface area contributed by atoms with E-state index >= 15 is 0 Å². The molecule has 2 rings (SSSR count). The Bertz CT molecular complexity index is 651. The Labute approximate surface area is 116 Å². The zero-order valence-electron chi connectivity index (χ0n) is 11.7. The fourth-order valence-electron chi connectivity index (χ4n) is 2.04. The van der Waals surface area contributed by atoms with Gasteiger partial charge in [0.2, 0.25) is 0 Å². The number of hydrogen-bond donors (Lipinski definition) is 1. The molecule has 1 aromatic carbocycles. The molecule has 20 heavy (non-hydrogen) atoms. The molecule has 1 aromatic heterocycles. The first-order chi connectivity index (χ1) is 9.47. The van der Waals surface area contributed by atoms with Crippen molar-refractivity contribution in [1.29, 1.82) is 0 Å². The van der Waals surface area contributed by atoms with Gasteiger partial charge in [0.25, 0.3) is 5.91 Å². The van der Waals surface area contributed by atoms with Crippen LogP contribution in [0.2, 0.25) is 0 Å². The van der Waals surface area contributed by atoms with Gasteiger partial charge in [0, 0.05) is 13.6 Å². The highest BCUT2D eigenvalue weighted by atomic mass is 19.1. The molecule has 0 saturated carbocycles. The third-order valence-electron chi connectivity index (χ3n) is 3.19. The molecule has 1 heterocycles. The average Bonchev–Trinajstić information content (AvgIpc) is 2.73. The summed E-state index contributed by atoms with van der Waals surface area (Å²) < 4.78 is 15.3. The lowest BCUT2D eigenvalue weighted by molar-refractivity contribution is 0.0983. The highest BCUT2D eigenvalue weighted by Crippen LogP contribution is 2.23. The van der Waals surface area contributed by atoms with E-state index in [2.05, 4.69) is 5.10 Å². The molecule has 5 nitrogen and oxygen atoms in total. The van der Waals surface area contributed by atoms with Crippen molar-refractivity contribution in [2.45, 2.75) is 20.4 Å². The average molecular weight is 276 g/mol. The minimum absolute atomic E-state index is 0.207. The maximum absolute atomic E-state index is 13.8. The molecule has 0 radical (unpaired) electrons. The van der Waals surface area contributed by atoms with E-state index in [-0.39, 0.29) is 17.3 Å². The van der Waals surface area contributed by atoms with Crippen molar-refractivity contribution < 1.29 is 9.18 Å². The van der Waals surface area contributed by atoms with Gasteiger partial charge in [-0.2, -0.15) is 5.10 Å². The van der Waals surface area contributed by atoms with Gasteiger partial charge in [0.1, 0.15) is 11.5 Å². The van der Waals surface area contributed by atoms with E-state index in [4.69, 9.17) is 5.73 Å². The van der Waals surface area contributed by atoms with Gasteiger partial charge >= 0.3 is 0 Å². The zero-order valence-corrected chi connectivity index (χ0v) is 11.7. The first-order valence-corrected chi connectivity index (χ1v) is 6.32. The standard InChI is InChI=1S/C14H17FN4O/c1-4-19-13(12(16)9(2)17-19)14(20)18(3)11-8-6-5-7-10(11)15/h5-8H,4,16H2,1-3H3. The van der Waals surface area contributed by atoms with Crippen LogP contribution in [0.4, 0.5) is 15.8 Å². The molecular formula is C14H17FN4O. The molecule has 6 heteroatoms. The quantitative estimate of drug-likeness (QED) is 0.934. The summed E-state index contributed by atoms with van der Waals surface area (Å²) in [7, 11) is 1.52. The third kappa shape index (κ3) is 2.24. The number of para-hydroxylation sites is 1. The van der Waals surface area contributed by atoms with Crippen molar-refractivity contribution in [3.8, 4) is 0 Å². The summed E-state index contributed by atoms with van der Waals surface area (Å²) in [4.78, 5) is 13.8. The van der Waals surface area contributed by atoms with Gasteiger partial charge in [-0.15, -0.1) is 0 Å². The van der Waals surface area contributed by atoms with E-state index in [0.29, 0.717) is 17.9 Å². The topological polar surface area (TPSA) is 64.2 Å². The lowest BCUT2D eigenvalue weighted by atomic mass is 10.2. The Kier molecular flexibility index (Phi) is 3.74. The molecule has 0 atom stereocenters. The fraction of sp³-hybridized carbons (Fsp3) is 0.286. The number of nitrogen functional groups attached to an aromatic ring is 1. The third-order valence-corrected chi connectivity index (χ3v) is 3.19. The van der Waals surface area contributed by atoms with Crippen LogP contribution >= 0.6 is 0 Å². The predicted octanol–water partition coefficient (Wildman–Crippen LogP) is 2.21. The second-order valence-corrected chi connectivity index (χ2v) is 4.48. The minimum atomic E-state index is -0.457. The molecule has 0 bridgehead atoms. The van der Waals surface area contributed by atoms with Gasteiger partial charge < -0.3 is 10.6 Å². The van der Waals surface area contributed by atoms with Crippen LogP contribution in [0.5, 0.6) is 0 Å². The largest absolute Gasteiger partial charge is 0.395 e. The van der Waals surface area contributed by atoms with E-state index in [0.717, 1.165) is 0 Å². The molecule has 0 fully saturated rings. The molecule has 1 amide bonds. The van der Waals surface area contributed by atoms with Crippen molar-refractivity contribution in [3.05, 3.63) is 41.5 Å². The number of hydrogen-bond acceptors (Lipinski definition) is 3. The van der Waals surface area contributed by atoms with Crippen LogP contribution in [0.1, 0.15) is 23.1 Å². The maximum atomic E-state index is 13.8.